The molecule has 1 amide bonds. The number of aromatic nitrogens is 1. The third-order valence-corrected chi connectivity index (χ3v) is 5.07. The first kappa shape index (κ1) is 16.4. The zero-order chi connectivity index (χ0) is 15.2. The SMILES string of the molecule is Cc1nc(C)c(CC(=O)NCCN2CCCC[C@@H]2CO)s1. The van der Waals surface area contributed by atoms with Crippen molar-refractivity contribution in [3.8, 4) is 0 Å². The Labute approximate surface area is 130 Å². The van der Waals surface area contributed by atoms with Gasteiger partial charge in [-0.15, -0.1) is 11.3 Å². The predicted octanol–water partition coefficient (Wildman–Crippen LogP) is 1.27. The number of carbonyl (C=O) groups is 1. The maximum absolute atomic E-state index is 12.0. The van der Waals surface area contributed by atoms with Gasteiger partial charge in [-0.1, -0.05) is 6.42 Å². The van der Waals surface area contributed by atoms with Crippen molar-refractivity contribution in [1.82, 2.24) is 15.2 Å². The highest BCUT2D eigenvalue weighted by atomic mass is 32.1. The van der Waals surface area contributed by atoms with Crippen molar-refractivity contribution in [2.45, 2.75) is 45.6 Å². The third-order valence-electron chi connectivity index (χ3n) is 4.00. The summed E-state index contributed by atoms with van der Waals surface area (Å²) < 4.78 is 0. The van der Waals surface area contributed by atoms with E-state index in [4.69, 9.17) is 0 Å². The van der Waals surface area contributed by atoms with Gasteiger partial charge >= 0.3 is 0 Å². The van der Waals surface area contributed by atoms with Gasteiger partial charge in [0, 0.05) is 24.0 Å². The molecule has 5 nitrogen and oxygen atoms in total. The average Bonchev–Trinajstić information content (AvgIpc) is 2.77. The molecular formula is C15H25N3O2S. The van der Waals surface area contributed by atoms with Gasteiger partial charge in [0.05, 0.1) is 23.7 Å². The zero-order valence-corrected chi connectivity index (χ0v) is 13.7. The van der Waals surface area contributed by atoms with Crippen LogP contribution >= 0.6 is 11.3 Å². The Morgan fingerprint density at radius 2 is 2.29 bits per heavy atom. The van der Waals surface area contributed by atoms with Crippen molar-refractivity contribution >= 4 is 17.2 Å². The minimum Gasteiger partial charge on any atom is -0.395 e. The number of aliphatic hydroxyl groups excluding tert-OH is 1. The molecule has 0 spiro atoms. The second kappa shape index (κ2) is 7.87. The quantitative estimate of drug-likeness (QED) is 0.830. The van der Waals surface area contributed by atoms with E-state index < -0.39 is 0 Å². The van der Waals surface area contributed by atoms with E-state index in [0.29, 0.717) is 13.0 Å². The van der Waals surface area contributed by atoms with Crippen LogP contribution in [0.4, 0.5) is 0 Å². The normalized spacial score (nSPS) is 19.7. The predicted molar refractivity (Wildman–Crippen MR) is 84.6 cm³/mol. The van der Waals surface area contributed by atoms with Crippen LogP contribution in [0.5, 0.6) is 0 Å². The molecule has 0 aliphatic carbocycles. The van der Waals surface area contributed by atoms with Gasteiger partial charge in [-0.3, -0.25) is 9.69 Å². The van der Waals surface area contributed by atoms with Crippen LogP contribution in [0.1, 0.15) is 34.8 Å². The maximum atomic E-state index is 12.0. The molecule has 118 valence electrons. The van der Waals surface area contributed by atoms with E-state index in [9.17, 15) is 9.90 Å². The number of carbonyl (C=O) groups excluding carboxylic acids is 1. The van der Waals surface area contributed by atoms with E-state index in [1.165, 1.54) is 12.8 Å². The van der Waals surface area contributed by atoms with Crippen molar-refractivity contribution in [2.75, 3.05) is 26.2 Å². The summed E-state index contributed by atoms with van der Waals surface area (Å²) in [5.74, 6) is 0.0549. The Morgan fingerprint density at radius 1 is 1.48 bits per heavy atom. The van der Waals surface area contributed by atoms with Crippen LogP contribution in [0, 0.1) is 13.8 Å². The number of rotatable bonds is 6. The number of nitrogens with zero attached hydrogens (tertiary/aromatic N) is 2. The van der Waals surface area contributed by atoms with Gasteiger partial charge in [0.1, 0.15) is 0 Å². The van der Waals surface area contributed by atoms with Crippen LogP contribution in [0.25, 0.3) is 0 Å². The second-order valence-electron chi connectivity index (χ2n) is 5.64. The molecule has 2 N–H and O–H groups in total. The first-order valence-corrected chi connectivity index (χ1v) is 8.46. The summed E-state index contributed by atoms with van der Waals surface area (Å²) in [5, 5.41) is 13.3. The molecule has 21 heavy (non-hydrogen) atoms. The number of hydrogen-bond donors (Lipinski definition) is 2. The fraction of sp³-hybridized carbons (Fsp3) is 0.733. The first-order chi connectivity index (χ1) is 10.1. The molecule has 0 bridgehead atoms. The summed E-state index contributed by atoms with van der Waals surface area (Å²) in [6.45, 7) is 6.61. The molecule has 2 heterocycles. The molecule has 1 aromatic rings. The minimum atomic E-state index is 0.0549. The molecule has 0 radical (unpaired) electrons. The van der Waals surface area contributed by atoms with E-state index in [0.717, 1.165) is 35.1 Å². The fourth-order valence-corrected chi connectivity index (χ4v) is 3.78. The number of amides is 1. The van der Waals surface area contributed by atoms with Crippen molar-refractivity contribution < 1.29 is 9.90 Å². The number of aliphatic hydroxyl groups is 1. The van der Waals surface area contributed by atoms with Crippen LogP contribution in [-0.2, 0) is 11.2 Å². The van der Waals surface area contributed by atoms with Crippen LogP contribution in [0.15, 0.2) is 0 Å². The van der Waals surface area contributed by atoms with E-state index >= 15 is 0 Å². The number of thiazole rings is 1. The molecule has 0 aromatic carbocycles. The molecule has 1 aromatic heterocycles. The van der Waals surface area contributed by atoms with Gasteiger partial charge < -0.3 is 10.4 Å². The van der Waals surface area contributed by atoms with Gasteiger partial charge in [0.25, 0.3) is 0 Å². The molecule has 1 aliphatic heterocycles. The van der Waals surface area contributed by atoms with Gasteiger partial charge in [-0.2, -0.15) is 0 Å². The summed E-state index contributed by atoms with van der Waals surface area (Å²) in [5.41, 5.74) is 0.962. The van der Waals surface area contributed by atoms with E-state index in [1.807, 2.05) is 13.8 Å². The lowest BCUT2D eigenvalue weighted by molar-refractivity contribution is -0.120. The molecule has 0 unspecified atom stereocenters. The Hall–Kier alpha value is -0.980. The number of hydrogen-bond acceptors (Lipinski definition) is 5. The van der Waals surface area contributed by atoms with Gasteiger partial charge in [-0.25, -0.2) is 4.98 Å². The highest BCUT2D eigenvalue weighted by Crippen LogP contribution is 2.18. The molecule has 6 heteroatoms. The molecule has 1 aliphatic rings. The molecule has 1 atom stereocenters. The van der Waals surface area contributed by atoms with E-state index in [2.05, 4.69) is 15.2 Å². The summed E-state index contributed by atoms with van der Waals surface area (Å²) >= 11 is 1.59. The van der Waals surface area contributed by atoms with E-state index in [-0.39, 0.29) is 18.6 Å². The number of likely N-dealkylation sites (tertiary alicyclic amines) is 1. The summed E-state index contributed by atoms with van der Waals surface area (Å²) in [6.07, 6.45) is 3.85. The standard InChI is InChI=1S/C15H25N3O2S/c1-11-14(21-12(2)17-11)9-15(20)16-6-8-18-7-4-3-5-13(18)10-19/h13,19H,3-10H2,1-2H3,(H,16,20)/t13-/m1/s1. The number of piperidine rings is 1. The summed E-state index contributed by atoms with van der Waals surface area (Å²) in [6, 6.07) is 0.266. The second-order valence-corrected chi connectivity index (χ2v) is 6.92. The topological polar surface area (TPSA) is 65.5 Å². The Bertz CT molecular complexity index is 475. The average molecular weight is 311 g/mol. The highest BCUT2D eigenvalue weighted by molar-refractivity contribution is 7.11. The van der Waals surface area contributed by atoms with Crippen molar-refractivity contribution in [3.05, 3.63) is 15.6 Å². The Morgan fingerprint density at radius 3 is 2.95 bits per heavy atom. The highest BCUT2D eigenvalue weighted by Gasteiger charge is 2.21. The monoisotopic (exact) mass is 311 g/mol. The number of aryl methyl sites for hydroxylation is 2. The van der Waals surface area contributed by atoms with Gasteiger partial charge in [0.15, 0.2) is 0 Å². The van der Waals surface area contributed by atoms with Crippen LogP contribution in [-0.4, -0.2) is 53.2 Å². The van der Waals surface area contributed by atoms with Crippen LogP contribution in [0.2, 0.25) is 0 Å². The van der Waals surface area contributed by atoms with Gasteiger partial charge in [-0.05, 0) is 33.2 Å². The smallest absolute Gasteiger partial charge is 0.225 e. The van der Waals surface area contributed by atoms with Crippen molar-refractivity contribution in [1.29, 1.82) is 0 Å². The van der Waals surface area contributed by atoms with Crippen molar-refractivity contribution in [2.24, 2.45) is 0 Å². The van der Waals surface area contributed by atoms with Gasteiger partial charge in [0.2, 0.25) is 5.91 Å². The van der Waals surface area contributed by atoms with E-state index in [1.54, 1.807) is 11.3 Å². The summed E-state index contributed by atoms with van der Waals surface area (Å²) in [4.78, 5) is 19.6. The molecule has 0 saturated carbocycles. The molecule has 2 rings (SSSR count). The van der Waals surface area contributed by atoms with Crippen LogP contribution < -0.4 is 5.32 Å². The number of nitrogens with one attached hydrogen (secondary N) is 1. The Kier molecular flexibility index (Phi) is 6.14. The first-order valence-electron chi connectivity index (χ1n) is 7.64. The molecular weight excluding hydrogens is 286 g/mol. The largest absolute Gasteiger partial charge is 0.395 e. The Balaban J connectivity index is 1.72. The molecule has 1 saturated heterocycles. The lowest BCUT2D eigenvalue weighted by Crippen LogP contribution is -2.45. The fourth-order valence-electron chi connectivity index (χ4n) is 2.85. The lowest BCUT2D eigenvalue weighted by atomic mass is 10.0. The molecule has 1 fully saturated rings. The minimum absolute atomic E-state index is 0.0549. The maximum Gasteiger partial charge on any atom is 0.225 e. The lowest BCUT2D eigenvalue weighted by Gasteiger charge is -2.34. The summed E-state index contributed by atoms with van der Waals surface area (Å²) in [7, 11) is 0. The third kappa shape index (κ3) is 4.76. The van der Waals surface area contributed by atoms with Crippen LogP contribution in [0.3, 0.4) is 0 Å². The zero-order valence-electron chi connectivity index (χ0n) is 12.9. The van der Waals surface area contributed by atoms with Crippen molar-refractivity contribution in [3.63, 3.8) is 0 Å².